The van der Waals surface area contributed by atoms with E-state index in [0.717, 1.165) is 11.3 Å². The van der Waals surface area contributed by atoms with E-state index < -0.39 is 6.10 Å². The van der Waals surface area contributed by atoms with Crippen molar-refractivity contribution in [3.05, 3.63) is 65.3 Å². The highest BCUT2D eigenvalue weighted by Crippen LogP contribution is 2.37. The average Bonchev–Trinajstić information content (AvgIpc) is 3.04. The maximum Gasteiger partial charge on any atom is 0.268 e. The van der Waals surface area contributed by atoms with Crippen LogP contribution >= 0.6 is 0 Å². The third-order valence-corrected chi connectivity index (χ3v) is 4.87. The van der Waals surface area contributed by atoms with Crippen LogP contribution < -0.4 is 15.0 Å². The van der Waals surface area contributed by atoms with Gasteiger partial charge in [-0.25, -0.2) is 0 Å². The summed E-state index contributed by atoms with van der Waals surface area (Å²) >= 11 is 0. The topological polar surface area (TPSA) is 97.6 Å². The van der Waals surface area contributed by atoms with Gasteiger partial charge in [0.1, 0.15) is 11.5 Å². The first-order valence-corrected chi connectivity index (χ1v) is 9.19. The van der Waals surface area contributed by atoms with E-state index in [2.05, 4.69) is 15.5 Å². The summed E-state index contributed by atoms with van der Waals surface area (Å²) < 4.78 is 11.0. The SMILES string of the molecule is Cc1noc(C)c1CN1C(=O)C(C)Oc2ccc(NC(=O)c3ccncc3)cc21. The van der Waals surface area contributed by atoms with Crippen molar-refractivity contribution in [2.24, 2.45) is 0 Å². The molecule has 3 heterocycles. The fraction of sp³-hybridized carbons (Fsp3) is 0.238. The van der Waals surface area contributed by atoms with Crippen molar-refractivity contribution in [2.45, 2.75) is 33.4 Å². The fourth-order valence-electron chi connectivity index (χ4n) is 3.24. The predicted molar refractivity (Wildman–Crippen MR) is 106 cm³/mol. The van der Waals surface area contributed by atoms with Crippen LogP contribution in [0, 0.1) is 13.8 Å². The molecule has 2 amide bonds. The number of pyridine rings is 1. The molecule has 1 aromatic carbocycles. The number of hydrogen-bond acceptors (Lipinski definition) is 6. The molecule has 1 N–H and O–H groups in total. The minimum Gasteiger partial charge on any atom is -0.479 e. The van der Waals surface area contributed by atoms with Gasteiger partial charge in [-0.1, -0.05) is 5.16 Å². The number of fused-ring (bicyclic) bond motifs is 1. The maximum absolute atomic E-state index is 12.8. The Labute approximate surface area is 167 Å². The molecule has 29 heavy (non-hydrogen) atoms. The lowest BCUT2D eigenvalue weighted by molar-refractivity contribution is -0.125. The summed E-state index contributed by atoms with van der Waals surface area (Å²) in [4.78, 5) is 30.9. The Morgan fingerprint density at radius 1 is 1.21 bits per heavy atom. The van der Waals surface area contributed by atoms with Gasteiger partial charge < -0.3 is 19.5 Å². The Kier molecular flexibility index (Phi) is 4.75. The third-order valence-electron chi connectivity index (χ3n) is 4.87. The highest BCUT2D eigenvalue weighted by Gasteiger charge is 2.33. The number of nitrogens with zero attached hydrogens (tertiary/aromatic N) is 3. The van der Waals surface area contributed by atoms with E-state index in [-0.39, 0.29) is 11.8 Å². The molecule has 1 atom stereocenters. The van der Waals surface area contributed by atoms with Crippen LogP contribution in [0.4, 0.5) is 11.4 Å². The van der Waals surface area contributed by atoms with Gasteiger partial charge in [-0.3, -0.25) is 14.6 Å². The van der Waals surface area contributed by atoms with Gasteiger partial charge in [-0.2, -0.15) is 0 Å². The minimum absolute atomic E-state index is 0.171. The molecule has 0 aliphatic carbocycles. The fourth-order valence-corrected chi connectivity index (χ4v) is 3.24. The van der Waals surface area contributed by atoms with E-state index in [1.54, 1.807) is 54.5 Å². The van der Waals surface area contributed by atoms with Gasteiger partial charge in [0, 0.05) is 29.2 Å². The summed E-state index contributed by atoms with van der Waals surface area (Å²) in [5.41, 5.74) is 3.22. The summed E-state index contributed by atoms with van der Waals surface area (Å²) in [5, 5.41) is 6.81. The summed E-state index contributed by atoms with van der Waals surface area (Å²) in [6, 6.07) is 8.49. The van der Waals surface area contributed by atoms with Crippen LogP contribution in [0.25, 0.3) is 0 Å². The lowest BCUT2D eigenvalue weighted by Gasteiger charge is -2.33. The largest absolute Gasteiger partial charge is 0.479 e. The van der Waals surface area contributed by atoms with Crippen LogP contribution in [-0.4, -0.2) is 28.1 Å². The number of carbonyl (C=O) groups is 2. The van der Waals surface area contributed by atoms with Gasteiger partial charge in [-0.05, 0) is 51.1 Å². The van der Waals surface area contributed by atoms with Crippen molar-refractivity contribution in [2.75, 3.05) is 10.2 Å². The van der Waals surface area contributed by atoms with E-state index in [9.17, 15) is 9.59 Å². The molecular formula is C21H20N4O4. The molecule has 0 fully saturated rings. The Balaban J connectivity index is 1.66. The molecule has 148 valence electrons. The Bertz CT molecular complexity index is 1060. The number of benzene rings is 1. The van der Waals surface area contributed by atoms with Crippen molar-refractivity contribution in [3.63, 3.8) is 0 Å². The van der Waals surface area contributed by atoms with Gasteiger partial charge in [-0.15, -0.1) is 0 Å². The number of aromatic nitrogens is 2. The Morgan fingerprint density at radius 2 is 1.97 bits per heavy atom. The third kappa shape index (κ3) is 3.56. The van der Waals surface area contributed by atoms with E-state index in [4.69, 9.17) is 9.26 Å². The standard InChI is InChI=1S/C21H20N4O4/c1-12-17(13(2)29-24-12)11-25-18-10-16(4-5-19(18)28-14(3)21(25)27)23-20(26)15-6-8-22-9-7-15/h4-10,14H,11H2,1-3H3,(H,23,26). The first-order valence-electron chi connectivity index (χ1n) is 9.19. The Hall–Kier alpha value is -3.68. The number of ether oxygens (including phenoxy) is 1. The van der Waals surface area contributed by atoms with Crippen molar-refractivity contribution in [1.82, 2.24) is 10.1 Å². The summed E-state index contributed by atoms with van der Waals surface area (Å²) in [5.74, 6) is 0.806. The van der Waals surface area contributed by atoms with Gasteiger partial charge >= 0.3 is 0 Å². The molecule has 2 aromatic heterocycles. The number of aryl methyl sites for hydroxylation is 2. The lowest BCUT2D eigenvalue weighted by atomic mass is 10.1. The summed E-state index contributed by atoms with van der Waals surface area (Å²) in [6.07, 6.45) is 2.50. The highest BCUT2D eigenvalue weighted by molar-refractivity contribution is 6.05. The zero-order valence-corrected chi connectivity index (χ0v) is 16.3. The summed E-state index contributed by atoms with van der Waals surface area (Å²) in [7, 11) is 0. The normalized spacial score (nSPS) is 15.6. The van der Waals surface area contributed by atoms with Crippen LogP contribution in [0.2, 0.25) is 0 Å². The number of carbonyl (C=O) groups excluding carboxylic acids is 2. The molecule has 1 aliphatic rings. The number of anilines is 2. The van der Waals surface area contributed by atoms with Crippen molar-refractivity contribution in [3.8, 4) is 5.75 Å². The zero-order valence-electron chi connectivity index (χ0n) is 16.3. The second-order valence-electron chi connectivity index (χ2n) is 6.86. The quantitative estimate of drug-likeness (QED) is 0.732. The van der Waals surface area contributed by atoms with E-state index >= 15 is 0 Å². The van der Waals surface area contributed by atoms with Crippen molar-refractivity contribution < 1.29 is 18.8 Å². The maximum atomic E-state index is 12.8. The molecule has 0 spiro atoms. The number of rotatable bonds is 4. The van der Waals surface area contributed by atoms with E-state index in [1.807, 2.05) is 13.8 Å². The molecule has 3 aromatic rings. The molecular weight excluding hydrogens is 372 g/mol. The molecule has 0 bridgehead atoms. The lowest BCUT2D eigenvalue weighted by Crippen LogP contribution is -2.44. The average molecular weight is 392 g/mol. The minimum atomic E-state index is -0.611. The molecule has 0 saturated heterocycles. The summed E-state index contributed by atoms with van der Waals surface area (Å²) in [6.45, 7) is 5.68. The predicted octanol–water partition coefficient (Wildman–Crippen LogP) is 3.25. The molecule has 0 radical (unpaired) electrons. The molecule has 1 aliphatic heterocycles. The van der Waals surface area contributed by atoms with Crippen LogP contribution in [0.3, 0.4) is 0 Å². The van der Waals surface area contributed by atoms with Crippen LogP contribution in [0.1, 0.15) is 34.3 Å². The number of amides is 2. The highest BCUT2D eigenvalue weighted by atomic mass is 16.5. The second kappa shape index (κ2) is 7.38. The Morgan fingerprint density at radius 3 is 2.66 bits per heavy atom. The molecule has 1 unspecified atom stereocenters. The van der Waals surface area contributed by atoms with Gasteiger partial charge in [0.05, 0.1) is 17.9 Å². The van der Waals surface area contributed by atoms with Gasteiger partial charge in [0.2, 0.25) is 0 Å². The first-order chi connectivity index (χ1) is 13.9. The molecule has 0 saturated carbocycles. The smallest absolute Gasteiger partial charge is 0.268 e. The second-order valence-corrected chi connectivity index (χ2v) is 6.86. The van der Waals surface area contributed by atoms with Crippen LogP contribution in [-0.2, 0) is 11.3 Å². The number of hydrogen-bond donors (Lipinski definition) is 1. The monoisotopic (exact) mass is 392 g/mol. The molecule has 8 nitrogen and oxygen atoms in total. The van der Waals surface area contributed by atoms with Gasteiger partial charge in [0.25, 0.3) is 11.8 Å². The first kappa shape index (κ1) is 18.7. The molecule has 4 rings (SSSR count). The van der Waals surface area contributed by atoms with Crippen molar-refractivity contribution >= 4 is 23.2 Å². The van der Waals surface area contributed by atoms with E-state index in [0.29, 0.717) is 35.0 Å². The van der Waals surface area contributed by atoms with Gasteiger partial charge in [0.15, 0.2) is 6.10 Å². The van der Waals surface area contributed by atoms with Crippen LogP contribution in [0.15, 0.2) is 47.2 Å². The number of nitrogens with one attached hydrogen (secondary N) is 1. The van der Waals surface area contributed by atoms with Crippen molar-refractivity contribution in [1.29, 1.82) is 0 Å². The zero-order chi connectivity index (χ0) is 20.5. The van der Waals surface area contributed by atoms with Crippen LogP contribution in [0.5, 0.6) is 5.75 Å². The molecule has 8 heteroatoms. The van der Waals surface area contributed by atoms with E-state index in [1.165, 1.54) is 0 Å².